The Labute approximate surface area is 453 Å². The lowest BCUT2D eigenvalue weighted by molar-refractivity contribution is 0.180. The number of halogens is 4. The second-order valence-corrected chi connectivity index (χ2v) is 18.8. The summed E-state index contributed by atoms with van der Waals surface area (Å²) in [7, 11) is 7.07. The Morgan fingerprint density at radius 1 is 0.620 bits per heavy atom. The van der Waals surface area contributed by atoms with Crippen LogP contribution >= 0.6 is 65.8 Å². The molecule has 0 spiro atoms. The van der Waals surface area contributed by atoms with Crippen molar-refractivity contribution in [1.82, 2.24) is 28.9 Å². The molecule has 374 valence electrons. The van der Waals surface area contributed by atoms with Gasteiger partial charge in [0.15, 0.2) is 0 Å². The number of phenols is 1. The Bertz CT molecular complexity index is 2850. The van der Waals surface area contributed by atoms with E-state index in [9.17, 15) is 14.7 Å². The standard InChI is InChI=1S/C30H31BrN4O3.C23H25BrN4O3.2BrH/c1-33(24-13-15-34(16-14-24)25-11-12-27(31)29(18-25)37-2)30(36)35-19-28(32-21-35)23-9-6-10-26(17-23)38-20-22-7-4-3-5-8-22;1-26(23(30)28-14-21(25-15-28)16-4-3-5-19(29)12-16)17-8-10-27(11-9-17)18-6-7-20(24)22(13-18)31-2;;/h3-12,17-19,21,24H,13-16,20H2,1-2H3;3-7,12-15,17,29H,8-11H2,1-2H3;2*1H. The lowest BCUT2D eigenvalue weighted by atomic mass is 10.0. The molecule has 2 saturated heterocycles. The number of aromatic hydroxyl groups is 1. The molecule has 2 aliphatic rings. The maximum atomic E-state index is 13.3. The summed E-state index contributed by atoms with van der Waals surface area (Å²) in [5.41, 5.74) is 6.42. The Morgan fingerprint density at radius 3 is 1.55 bits per heavy atom. The summed E-state index contributed by atoms with van der Waals surface area (Å²) < 4.78 is 21.8. The van der Waals surface area contributed by atoms with Gasteiger partial charge in [0.2, 0.25) is 0 Å². The number of ether oxygens (including phenoxy) is 3. The maximum Gasteiger partial charge on any atom is 0.329 e. The molecule has 0 unspecified atom stereocenters. The van der Waals surface area contributed by atoms with Crippen LogP contribution in [0.15, 0.2) is 149 Å². The van der Waals surface area contributed by atoms with E-state index in [2.05, 4.69) is 63.8 Å². The van der Waals surface area contributed by atoms with Gasteiger partial charge in [0, 0.05) is 99.4 Å². The number of anilines is 2. The largest absolute Gasteiger partial charge is 0.508 e. The monoisotopic (exact) mass is 1220 g/mol. The number of carbonyl (C=O) groups excluding carboxylic acids is 2. The van der Waals surface area contributed by atoms with Crippen molar-refractivity contribution in [1.29, 1.82) is 0 Å². The molecule has 0 atom stereocenters. The molecular formula is C53H58Br4N8O6. The zero-order valence-corrected chi connectivity index (χ0v) is 46.5. The number of hydrogen-bond acceptors (Lipinski definition) is 10. The highest BCUT2D eigenvalue weighted by Gasteiger charge is 2.29. The van der Waals surface area contributed by atoms with Gasteiger partial charge in [-0.2, -0.15) is 0 Å². The van der Waals surface area contributed by atoms with Gasteiger partial charge in [0.05, 0.1) is 34.6 Å². The molecule has 4 heterocycles. The van der Waals surface area contributed by atoms with Crippen LogP contribution in [0.5, 0.6) is 23.0 Å². The van der Waals surface area contributed by atoms with Gasteiger partial charge >= 0.3 is 12.1 Å². The highest BCUT2D eigenvalue weighted by atomic mass is 79.9. The number of aromatic nitrogens is 4. The second-order valence-electron chi connectivity index (χ2n) is 17.0. The fraction of sp³-hybridized carbons (Fsp3) is 0.283. The molecule has 71 heavy (non-hydrogen) atoms. The number of amides is 2. The molecule has 18 heteroatoms. The van der Waals surface area contributed by atoms with Crippen LogP contribution in [0.1, 0.15) is 31.2 Å². The first-order valence-electron chi connectivity index (χ1n) is 22.8. The van der Waals surface area contributed by atoms with Crippen LogP contribution < -0.4 is 24.0 Å². The first-order chi connectivity index (χ1) is 33.5. The van der Waals surface area contributed by atoms with E-state index in [1.807, 2.05) is 104 Å². The SMILES string of the molecule is Br.Br.COc1cc(N2CCC(N(C)C(=O)n3cnc(-c4cccc(O)c4)c3)CC2)ccc1Br.COc1cc(N2CCC(N(C)C(=O)n3cnc(-c4cccc(OCc5ccccc5)c4)c3)CC2)ccc1Br. The number of piperidine rings is 2. The van der Waals surface area contributed by atoms with Crippen molar-refractivity contribution < 1.29 is 28.9 Å². The van der Waals surface area contributed by atoms with Gasteiger partial charge in [-0.15, -0.1) is 34.0 Å². The van der Waals surface area contributed by atoms with Gasteiger partial charge < -0.3 is 38.9 Å². The molecule has 2 fully saturated rings. The van der Waals surface area contributed by atoms with Gasteiger partial charge in [-0.3, -0.25) is 9.13 Å². The molecular weight excluding hydrogens is 1160 g/mol. The third-order valence-electron chi connectivity index (χ3n) is 12.8. The minimum absolute atomic E-state index is 0. The van der Waals surface area contributed by atoms with E-state index in [0.717, 1.165) is 112 Å². The van der Waals surface area contributed by atoms with Crippen LogP contribution in [0, 0.1) is 0 Å². The van der Waals surface area contributed by atoms with Gasteiger partial charge in [0.25, 0.3) is 0 Å². The first kappa shape index (κ1) is 54.5. The number of methoxy groups -OCH3 is 2. The van der Waals surface area contributed by atoms with Gasteiger partial charge in [-0.25, -0.2) is 19.6 Å². The molecule has 14 nitrogen and oxygen atoms in total. The number of carbonyl (C=O) groups is 2. The zero-order valence-electron chi connectivity index (χ0n) is 39.9. The first-order valence-corrected chi connectivity index (χ1v) is 24.4. The normalized spacial score (nSPS) is 13.7. The fourth-order valence-corrected chi connectivity index (χ4v) is 9.51. The van der Waals surface area contributed by atoms with Gasteiger partial charge in [-0.1, -0.05) is 54.6 Å². The molecule has 0 radical (unpaired) electrons. The van der Waals surface area contributed by atoms with Gasteiger partial charge in [-0.05, 0) is 112 Å². The Morgan fingerprint density at radius 2 is 1.08 bits per heavy atom. The molecule has 2 aliphatic heterocycles. The Balaban J connectivity index is 0.000000230. The van der Waals surface area contributed by atoms with Crippen molar-refractivity contribution in [3.8, 4) is 45.5 Å². The Kier molecular flexibility index (Phi) is 19.6. The van der Waals surface area contributed by atoms with E-state index in [0.29, 0.717) is 12.3 Å². The third-order valence-corrected chi connectivity index (χ3v) is 14.1. The predicted octanol–water partition coefficient (Wildman–Crippen LogP) is 12.2. The molecule has 7 aromatic rings. The number of benzene rings is 5. The third kappa shape index (κ3) is 13.6. The van der Waals surface area contributed by atoms with Crippen molar-refractivity contribution in [2.45, 2.75) is 44.4 Å². The van der Waals surface area contributed by atoms with E-state index < -0.39 is 0 Å². The molecule has 2 aromatic heterocycles. The summed E-state index contributed by atoms with van der Waals surface area (Å²) in [5.74, 6) is 2.57. The average Bonchev–Trinajstić information content (AvgIpc) is 4.10. The van der Waals surface area contributed by atoms with E-state index in [4.69, 9.17) is 14.2 Å². The zero-order chi connectivity index (χ0) is 48.4. The highest BCUT2D eigenvalue weighted by Crippen LogP contribution is 2.34. The molecule has 5 aromatic carbocycles. The van der Waals surface area contributed by atoms with Crippen molar-refractivity contribution in [3.63, 3.8) is 0 Å². The molecule has 0 bridgehead atoms. The Hall–Kier alpha value is -5.82. The number of hydrogen-bond donors (Lipinski definition) is 1. The molecule has 1 N–H and O–H groups in total. The fourth-order valence-electron chi connectivity index (χ4n) is 8.69. The topological polar surface area (TPSA) is 131 Å². The number of rotatable bonds is 11. The summed E-state index contributed by atoms with van der Waals surface area (Å²) >= 11 is 7.01. The van der Waals surface area contributed by atoms with Crippen LogP contribution in [-0.4, -0.2) is 113 Å². The smallest absolute Gasteiger partial charge is 0.329 e. The molecule has 0 aliphatic carbocycles. The number of phenolic OH excluding ortho intramolecular Hbond substituents is 1. The van der Waals surface area contributed by atoms with Crippen LogP contribution in [0.2, 0.25) is 0 Å². The number of nitrogens with zero attached hydrogens (tertiary/aromatic N) is 8. The van der Waals surface area contributed by atoms with E-state index in [-0.39, 0.29) is 63.9 Å². The minimum atomic E-state index is -0.109. The van der Waals surface area contributed by atoms with Crippen molar-refractivity contribution >= 4 is 89.3 Å². The lowest BCUT2D eigenvalue weighted by Crippen LogP contribution is -2.46. The molecule has 0 saturated carbocycles. The van der Waals surface area contributed by atoms with E-state index in [1.54, 1.807) is 60.6 Å². The van der Waals surface area contributed by atoms with Crippen molar-refractivity contribution in [3.05, 3.63) is 155 Å². The maximum absolute atomic E-state index is 13.3. The molecule has 2 amide bonds. The lowest BCUT2D eigenvalue weighted by Gasteiger charge is -2.37. The summed E-state index contributed by atoms with van der Waals surface area (Å²) in [6.45, 7) is 3.98. The second kappa shape index (κ2) is 25.5. The van der Waals surface area contributed by atoms with Crippen molar-refractivity contribution in [2.24, 2.45) is 0 Å². The molecule has 9 rings (SSSR count). The van der Waals surface area contributed by atoms with Gasteiger partial charge in [0.1, 0.15) is 42.3 Å². The minimum Gasteiger partial charge on any atom is -0.508 e. The van der Waals surface area contributed by atoms with Crippen molar-refractivity contribution in [2.75, 3.05) is 64.3 Å². The average molecular weight is 1220 g/mol. The van der Waals surface area contributed by atoms with E-state index in [1.165, 1.54) is 10.9 Å². The van der Waals surface area contributed by atoms with Crippen LogP contribution in [0.25, 0.3) is 22.5 Å². The quantitative estimate of drug-likeness (QED) is 0.134. The summed E-state index contributed by atoms with van der Waals surface area (Å²) in [6, 6.07) is 37.1. The van der Waals surface area contributed by atoms with Crippen LogP contribution in [0.4, 0.5) is 21.0 Å². The summed E-state index contributed by atoms with van der Waals surface area (Å²) in [6.07, 6.45) is 10.2. The summed E-state index contributed by atoms with van der Waals surface area (Å²) in [5, 5.41) is 9.67. The van der Waals surface area contributed by atoms with Crippen LogP contribution in [-0.2, 0) is 6.61 Å². The predicted molar refractivity (Wildman–Crippen MR) is 297 cm³/mol. The number of imidazole rings is 2. The van der Waals surface area contributed by atoms with E-state index >= 15 is 0 Å². The highest BCUT2D eigenvalue weighted by molar-refractivity contribution is 9.11. The summed E-state index contributed by atoms with van der Waals surface area (Å²) in [4.78, 5) is 43.4. The van der Waals surface area contributed by atoms with Crippen LogP contribution in [0.3, 0.4) is 0 Å².